The molecule has 4 heterocycles. The molecule has 0 bridgehead atoms. The molecule has 2 aromatic heterocycles. The van der Waals surface area contributed by atoms with Gasteiger partial charge in [0.25, 0.3) is 0 Å². The van der Waals surface area contributed by atoms with Crippen LogP contribution in [-0.2, 0) is 17.8 Å². The van der Waals surface area contributed by atoms with E-state index in [1.54, 1.807) is 6.20 Å². The lowest BCUT2D eigenvalue weighted by Crippen LogP contribution is -2.31. The van der Waals surface area contributed by atoms with Crippen molar-refractivity contribution >= 4 is 11.6 Å². The third kappa shape index (κ3) is 4.46. The highest BCUT2D eigenvalue weighted by Gasteiger charge is 2.25. The first-order valence-electron chi connectivity index (χ1n) is 11.2. The molecule has 0 spiro atoms. The van der Waals surface area contributed by atoms with Crippen LogP contribution >= 0.6 is 0 Å². The summed E-state index contributed by atoms with van der Waals surface area (Å²) in [7, 11) is 0. The van der Waals surface area contributed by atoms with Gasteiger partial charge >= 0.3 is 0 Å². The summed E-state index contributed by atoms with van der Waals surface area (Å²) in [5, 5.41) is 6.66. The number of pyridine rings is 2. The summed E-state index contributed by atoms with van der Waals surface area (Å²) in [4.78, 5) is 26.0. The zero-order chi connectivity index (χ0) is 21.9. The Morgan fingerprint density at radius 1 is 1.16 bits per heavy atom. The number of rotatable bonds is 6. The SMILES string of the molecule is Cc1cc(C2=NCc3cc(CC(=O)NCC4CNC(c5ccccc5)C4)ncc32)ccn1. The lowest BCUT2D eigenvalue weighted by atomic mass is 10.00. The molecule has 2 aliphatic heterocycles. The summed E-state index contributed by atoms with van der Waals surface area (Å²) in [6.45, 7) is 4.21. The molecule has 1 fully saturated rings. The maximum absolute atomic E-state index is 12.5. The molecule has 6 heteroatoms. The topological polar surface area (TPSA) is 79.3 Å². The van der Waals surface area contributed by atoms with Gasteiger partial charge < -0.3 is 10.6 Å². The smallest absolute Gasteiger partial charge is 0.226 e. The number of aliphatic imine (C=N–C) groups is 1. The molecule has 2 aliphatic rings. The fourth-order valence-electron chi connectivity index (χ4n) is 4.57. The van der Waals surface area contributed by atoms with E-state index in [-0.39, 0.29) is 5.91 Å². The molecule has 2 unspecified atom stereocenters. The van der Waals surface area contributed by atoms with Crippen molar-refractivity contribution in [2.24, 2.45) is 10.9 Å². The average Bonchev–Trinajstić information content (AvgIpc) is 3.45. The second-order valence-electron chi connectivity index (χ2n) is 8.64. The first kappa shape index (κ1) is 20.5. The fraction of sp³-hybridized carbons (Fsp3) is 0.308. The molecule has 2 N–H and O–H groups in total. The van der Waals surface area contributed by atoms with Gasteiger partial charge in [0.05, 0.1) is 24.4 Å². The van der Waals surface area contributed by atoms with Crippen LogP contribution in [-0.4, -0.2) is 34.7 Å². The molecule has 1 aromatic carbocycles. The van der Waals surface area contributed by atoms with E-state index in [1.165, 1.54) is 5.56 Å². The summed E-state index contributed by atoms with van der Waals surface area (Å²) in [5.41, 5.74) is 7.25. The van der Waals surface area contributed by atoms with Gasteiger partial charge in [-0.1, -0.05) is 30.3 Å². The Hall–Kier alpha value is -3.38. The zero-order valence-corrected chi connectivity index (χ0v) is 18.2. The quantitative estimate of drug-likeness (QED) is 0.636. The number of hydrogen-bond acceptors (Lipinski definition) is 5. The number of amides is 1. The van der Waals surface area contributed by atoms with E-state index >= 15 is 0 Å². The number of nitrogens with one attached hydrogen (secondary N) is 2. The minimum atomic E-state index is 0.0181. The van der Waals surface area contributed by atoms with Crippen molar-refractivity contribution in [3.05, 3.63) is 94.6 Å². The second kappa shape index (κ2) is 9.01. The Bertz CT molecular complexity index is 1160. The number of nitrogens with zero attached hydrogens (tertiary/aromatic N) is 3. The Morgan fingerprint density at radius 2 is 2.03 bits per heavy atom. The Labute approximate surface area is 188 Å². The minimum absolute atomic E-state index is 0.0181. The largest absolute Gasteiger partial charge is 0.355 e. The summed E-state index contributed by atoms with van der Waals surface area (Å²) in [6, 6.07) is 16.9. The van der Waals surface area contributed by atoms with E-state index < -0.39 is 0 Å². The molecule has 6 nitrogen and oxygen atoms in total. The third-order valence-electron chi connectivity index (χ3n) is 6.23. The van der Waals surface area contributed by atoms with Gasteiger partial charge in [-0.2, -0.15) is 0 Å². The molecule has 2 atom stereocenters. The van der Waals surface area contributed by atoms with Crippen LogP contribution in [0.5, 0.6) is 0 Å². The van der Waals surface area contributed by atoms with Crippen molar-refractivity contribution in [2.45, 2.75) is 32.4 Å². The van der Waals surface area contributed by atoms with Gasteiger partial charge in [0.15, 0.2) is 0 Å². The van der Waals surface area contributed by atoms with Gasteiger partial charge in [0, 0.05) is 48.3 Å². The van der Waals surface area contributed by atoms with Crippen LogP contribution in [0.25, 0.3) is 0 Å². The highest BCUT2D eigenvalue weighted by atomic mass is 16.1. The van der Waals surface area contributed by atoms with E-state index in [0.29, 0.717) is 31.5 Å². The van der Waals surface area contributed by atoms with Gasteiger partial charge in [-0.05, 0) is 48.6 Å². The predicted molar refractivity (Wildman–Crippen MR) is 125 cm³/mol. The number of carbonyl (C=O) groups is 1. The average molecular weight is 426 g/mol. The van der Waals surface area contributed by atoms with Crippen molar-refractivity contribution in [3.8, 4) is 0 Å². The van der Waals surface area contributed by atoms with E-state index in [9.17, 15) is 4.79 Å². The highest BCUT2D eigenvalue weighted by Crippen LogP contribution is 2.26. The summed E-state index contributed by atoms with van der Waals surface area (Å²) in [6.07, 6.45) is 4.99. The molecule has 1 saturated heterocycles. The maximum atomic E-state index is 12.5. The van der Waals surface area contributed by atoms with Crippen LogP contribution in [0.2, 0.25) is 0 Å². The summed E-state index contributed by atoms with van der Waals surface area (Å²) >= 11 is 0. The molecular weight excluding hydrogens is 398 g/mol. The van der Waals surface area contributed by atoms with E-state index in [0.717, 1.165) is 46.8 Å². The first-order chi connectivity index (χ1) is 15.7. The summed E-state index contributed by atoms with van der Waals surface area (Å²) in [5.74, 6) is 0.460. The Morgan fingerprint density at radius 3 is 2.88 bits per heavy atom. The zero-order valence-electron chi connectivity index (χ0n) is 18.2. The van der Waals surface area contributed by atoms with E-state index in [1.807, 2.05) is 37.4 Å². The normalized spacial score (nSPS) is 19.5. The monoisotopic (exact) mass is 425 g/mol. The van der Waals surface area contributed by atoms with Crippen molar-refractivity contribution in [1.82, 2.24) is 20.6 Å². The van der Waals surface area contributed by atoms with Gasteiger partial charge in [0.1, 0.15) is 0 Å². The number of fused-ring (bicyclic) bond motifs is 1. The van der Waals surface area contributed by atoms with Gasteiger partial charge in [0.2, 0.25) is 5.91 Å². The van der Waals surface area contributed by atoms with E-state index in [4.69, 9.17) is 4.99 Å². The number of aryl methyl sites for hydroxylation is 1. The van der Waals surface area contributed by atoms with Crippen LogP contribution in [0, 0.1) is 12.8 Å². The Balaban J connectivity index is 1.15. The second-order valence-corrected chi connectivity index (χ2v) is 8.64. The number of hydrogen-bond donors (Lipinski definition) is 2. The minimum Gasteiger partial charge on any atom is -0.355 e. The molecule has 162 valence electrons. The van der Waals surface area contributed by atoms with E-state index in [2.05, 4.69) is 44.9 Å². The van der Waals surface area contributed by atoms with Crippen molar-refractivity contribution < 1.29 is 4.79 Å². The maximum Gasteiger partial charge on any atom is 0.226 e. The van der Waals surface area contributed by atoms with Crippen LogP contribution in [0.4, 0.5) is 0 Å². The molecule has 3 aromatic rings. The third-order valence-corrected chi connectivity index (χ3v) is 6.23. The summed E-state index contributed by atoms with van der Waals surface area (Å²) < 4.78 is 0. The number of benzene rings is 1. The standard InChI is InChI=1S/C26H27N5O/c1-17-9-20(7-8-27-17)26-23-16-28-22(11-21(23)15-31-26)12-25(32)30-14-18-10-24(29-13-18)19-5-3-2-4-6-19/h2-9,11,16,18,24,29H,10,12-15H2,1H3,(H,30,32). The molecular formula is C26H27N5O. The highest BCUT2D eigenvalue weighted by molar-refractivity contribution is 6.15. The van der Waals surface area contributed by atoms with Crippen LogP contribution in [0.1, 0.15) is 46.1 Å². The van der Waals surface area contributed by atoms with Crippen molar-refractivity contribution in [1.29, 1.82) is 0 Å². The molecule has 0 aliphatic carbocycles. The molecule has 32 heavy (non-hydrogen) atoms. The van der Waals surface area contributed by atoms with Gasteiger partial charge in [-0.15, -0.1) is 0 Å². The molecule has 5 rings (SSSR count). The van der Waals surface area contributed by atoms with Crippen LogP contribution in [0.15, 0.2) is 65.9 Å². The molecule has 1 amide bonds. The lowest BCUT2D eigenvalue weighted by molar-refractivity contribution is -0.120. The molecule has 0 saturated carbocycles. The number of aromatic nitrogens is 2. The van der Waals surface area contributed by atoms with Crippen molar-refractivity contribution in [2.75, 3.05) is 13.1 Å². The lowest BCUT2D eigenvalue weighted by Gasteiger charge is -2.12. The first-order valence-corrected chi connectivity index (χ1v) is 11.2. The van der Waals surface area contributed by atoms with Gasteiger partial charge in [-0.3, -0.25) is 19.8 Å². The van der Waals surface area contributed by atoms with Crippen LogP contribution < -0.4 is 10.6 Å². The number of carbonyl (C=O) groups excluding carboxylic acids is 1. The van der Waals surface area contributed by atoms with Crippen molar-refractivity contribution in [3.63, 3.8) is 0 Å². The Kier molecular flexibility index (Phi) is 5.77. The predicted octanol–water partition coefficient (Wildman–Crippen LogP) is 3.15. The van der Waals surface area contributed by atoms with Crippen LogP contribution in [0.3, 0.4) is 0 Å². The van der Waals surface area contributed by atoms with Gasteiger partial charge in [-0.25, -0.2) is 0 Å². The fourth-order valence-corrected chi connectivity index (χ4v) is 4.57. The molecule has 0 radical (unpaired) electrons.